The van der Waals surface area contributed by atoms with Crippen LogP contribution in [0.25, 0.3) is 307 Å². The van der Waals surface area contributed by atoms with Crippen LogP contribution >= 0.6 is 0 Å². The normalized spacial score (nSPS) is 12.2. The lowest BCUT2D eigenvalue weighted by Gasteiger charge is -2.17. The third-order valence-electron chi connectivity index (χ3n) is 30.9. The molecule has 12 heteroatoms. The van der Waals surface area contributed by atoms with Gasteiger partial charge in [0.1, 0.15) is 16.9 Å². The van der Waals surface area contributed by atoms with Gasteiger partial charge in [-0.25, -0.2) is 29.9 Å². The van der Waals surface area contributed by atoms with Gasteiger partial charge in [-0.15, -0.1) is 0 Å². The zero-order valence-corrected chi connectivity index (χ0v) is 78.4. The first-order chi connectivity index (χ1) is 72.4. The molecule has 0 atom stereocenters. The summed E-state index contributed by atoms with van der Waals surface area (Å²) in [6.07, 6.45) is 0. The second-order valence-corrected chi connectivity index (χ2v) is 38.6. The highest BCUT2D eigenvalue weighted by molar-refractivity contribution is 6.32. The third-order valence-corrected chi connectivity index (χ3v) is 30.9. The molecule has 0 saturated heterocycles. The molecule has 0 N–H and O–H groups in total. The first-order valence-electron chi connectivity index (χ1n) is 49.8. The predicted octanol–water partition coefficient (Wildman–Crippen LogP) is 34.3. The number of imidazole rings is 3. The molecule has 0 saturated carbocycles. The number of aromatic nitrogens is 12. The Morgan fingerprint density at radius 3 is 0.822 bits per heavy atom. The number of rotatable bonds is 7. The van der Waals surface area contributed by atoms with Crippen molar-refractivity contribution in [1.82, 2.24) is 56.8 Å². The monoisotopic (exact) mass is 1850 g/mol. The van der Waals surface area contributed by atoms with Crippen molar-refractivity contribution < 1.29 is 0 Å². The van der Waals surface area contributed by atoms with E-state index in [4.69, 9.17) is 29.9 Å². The van der Waals surface area contributed by atoms with E-state index in [0.717, 1.165) is 134 Å². The van der Waals surface area contributed by atoms with Crippen LogP contribution in [-0.2, 0) is 0 Å². The Morgan fingerprint density at radius 1 is 0.137 bits per heavy atom. The lowest BCUT2D eigenvalue weighted by atomic mass is 9.87. The molecule has 0 spiro atoms. The molecule has 0 aliphatic rings. The van der Waals surface area contributed by atoms with Crippen LogP contribution in [0.3, 0.4) is 0 Å². The van der Waals surface area contributed by atoms with E-state index in [1.807, 2.05) is 6.07 Å². The number of hydrogen-bond donors (Lipinski definition) is 0. The van der Waals surface area contributed by atoms with Crippen LogP contribution in [0.4, 0.5) is 0 Å². The molecule has 0 fully saturated rings. The Labute approximate surface area is 831 Å². The van der Waals surface area contributed by atoms with Gasteiger partial charge in [0.25, 0.3) is 0 Å². The Balaban J connectivity index is 0.0000000977. The van der Waals surface area contributed by atoms with Crippen LogP contribution in [0.5, 0.6) is 0 Å². The first-order valence-corrected chi connectivity index (χ1v) is 49.8. The molecule has 0 radical (unpaired) electrons. The van der Waals surface area contributed by atoms with E-state index in [2.05, 4.69) is 494 Å². The minimum Gasteiger partial charge on any atom is -0.278 e. The van der Waals surface area contributed by atoms with E-state index >= 15 is 0 Å². The van der Waals surface area contributed by atoms with Gasteiger partial charge in [-0.05, 0) is 253 Å². The van der Waals surface area contributed by atoms with Crippen molar-refractivity contribution in [1.29, 1.82) is 0 Å². The SMILES string of the molecule is c1cc2ccc3cc(-c4cc5c6ccccc6n(-c6nc7ccccc7c7nc8ccccc8n67)c5c5ccccc45)cc4ccc(c1)c2c34.c1cc2ccc3cccc4c(-c5cc6c7ccccc7n(-c7nc8ccccc8c8nc9ccccc9n78)c6c6ccccc56)cc(c1)c2c34.c1ccc(-c2ccc(-c3cc4c5ccccc5n(-c5nc6ccccc6c6nc7ccccc7n56)c4c4ccccc34)cc2)cc1. The molecule has 0 bridgehead atoms. The topological polar surface area (TPSA) is 105 Å². The molecular weight excluding hydrogens is 1780 g/mol. The number of hydrogen-bond acceptors (Lipinski definition) is 6. The van der Waals surface area contributed by atoms with Gasteiger partial charge < -0.3 is 0 Å². The van der Waals surface area contributed by atoms with Gasteiger partial charge in [-0.3, -0.25) is 26.9 Å². The highest BCUT2D eigenvalue weighted by Gasteiger charge is 2.30. The van der Waals surface area contributed by atoms with Crippen molar-refractivity contribution in [2.45, 2.75) is 0 Å². The Kier molecular flexibility index (Phi) is 16.9. The Morgan fingerprint density at radius 2 is 0.404 bits per heavy atom. The van der Waals surface area contributed by atoms with E-state index < -0.39 is 0 Å². The van der Waals surface area contributed by atoms with Gasteiger partial charge in [0.2, 0.25) is 17.8 Å². The highest BCUT2D eigenvalue weighted by atomic mass is 15.3. The van der Waals surface area contributed by atoms with Gasteiger partial charge in [0.15, 0.2) is 0 Å². The third kappa shape index (κ3) is 11.6. The molecule has 0 unspecified atom stereocenters. The van der Waals surface area contributed by atoms with Crippen LogP contribution in [-0.4, -0.2) is 56.8 Å². The van der Waals surface area contributed by atoms with Gasteiger partial charge in [0, 0.05) is 64.6 Å². The summed E-state index contributed by atoms with van der Waals surface area (Å²) >= 11 is 0. The maximum Gasteiger partial charge on any atom is 0.221 e. The van der Waals surface area contributed by atoms with Crippen LogP contribution in [0.2, 0.25) is 0 Å². The lowest BCUT2D eigenvalue weighted by molar-refractivity contribution is 0.981. The minimum atomic E-state index is 0.832. The minimum absolute atomic E-state index is 0.832. The summed E-state index contributed by atoms with van der Waals surface area (Å²) in [5, 5.41) is 33.0. The van der Waals surface area contributed by atoms with Gasteiger partial charge >= 0.3 is 0 Å². The van der Waals surface area contributed by atoms with E-state index in [-0.39, 0.29) is 0 Å². The number of benzene rings is 25. The average molecular weight is 1860 g/mol. The molecule has 25 aromatic carbocycles. The summed E-state index contributed by atoms with van der Waals surface area (Å²) in [6, 6.07) is 170. The summed E-state index contributed by atoms with van der Waals surface area (Å²) in [5.41, 5.74) is 28.0. The van der Waals surface area contributed by atoms with Gasteiger partial charge in [0.05, 0.1) is 82.8 Å². The molecule has 34 rings (SSSR count). The Hall–Kier alpha value is -19.8. The van der Waals surface area contributed by atoms with Crippen molar-refractivity contribution >= 4 is 245 Å². The zero-order valence-electron chi connectivity index (χ0n) is 78.4. The number of nitrogens with zero attached hydrogens (tertiary/aromatic N) is 12. The summed E-state index contributed by atoms with van der Waals surface area (Å²) < 4.78 is 13.8. The molecule has 9 aromatic heterocycles. The van der Waals surface area contributed by atoms with Crippen LogP contribution in [0, 0.1) is 0 Å². The predicted molar refractivity (Wildman–Crippen MR) is 609 cm³/mol. The summed E-state index contributed by atoms with van der Waals surface area (Å²) in [7, 11) is 0. The van der Waals surface area contributed by atoms with Gasteiger partial charge in [-0.1, -0.05) is 346 Å². The fourth-order valence-corrected chi connectivity index (χ4v) is 24.6. The van der Waals surface area contributed by atoms with Crippen molar-refractivity contribution in [3.05, 3.63) is 473 Å². The fraction of sp³-hybridized carbons (Fsp3) is 0. The molecule has 674 valence electrons. The van der Waals surface area contributed by atoms with Crippen molar-refractivity contribution in [2.75, 3.05) is 0 Å². The molecule has 34 aromatic rings. The number of fused-ring (bicyclic) bond motifs is 30. The highest BCUT2D eigenvalue weighted by Crippen LogP contribution is 2.51. The molecule has 12 nitrogen and oxygen atoms in total. The average Bonchev–Trinajstić information content (AvgIpc) is 1.90. The van der Waals surface area contributed by atoms with Gasteiger partial charge in [-0.2, -0.15) is 0 Å². The standard InChI is InChI=1S/2C46H26N4.C42H26N4/c1-2-16-33-30(14-1)36(35-25-29-13-9-11-27-23-24-28-12-10-18-32(35)43(28)42(27)29)26-37-31-15-4-7-21-40(31)49(44(33)37)46-48-38-19-5-3-17-34(38)45-47-39-20-6-8-22-41(39)50(45)46;1-2-14-34-32(12-1)36(31-24-29-22-20-27-10-9-11-28-21-23-30(25-31)43(29)42(27)28)26-37-33-13-4-7-18-40(33)49(44(34)37)46-48-38-16-5-3-15-35(38)45-47-39-17-6-8-19-41(39)50(45)46;1-2-12-27(13-3-1)28-22-24-29(25-23-28)34-26-35-31-15-7-10-20-38(31)45(40(35)32-16-5-4-14-30(32)34)42-44-36-18-8-6-17-33(36)41-43-37-19-9-11-21-39(37)46(41)42/h2*1-26H;1-26H. The molecule has 146 heavy (non-hydrogen) atoms. The number of para-hydroxylation sites is 12. The lowest BCUT2D eigenvalue weighted by Crippen LogP contribution is -2.06. The summed E-state index contributed by atoms with van der Waals surface area (Å²) in [6.45, 7) is 0. The van der Waals surface area contributed by atoms with E-state index in [9.17, 15) is 0 Å². The van der Waals surface area contributed by atoms with E-state index in [1.54, 1.807) is 0 Å². The summed E-state index contributed by atoms with van der Waals surface area (Å²) in [5.74, 6) is 2.50. The smallest absolute Gasteiger partial charge is 0.221 e. The van der Waals surface area contributed by atoms with Crippen LogP contribution < -0.4 is 0 Å². The van der Waals surface area contributed by atoms with Crippen LogP contribution in [0.1, 0.15) is 0 Å². The quantitative estimate of drug-likeness (QED) is 0.147. The summed E-state index contributed by atoms with van der Waals surface area (Å²) in [4.78, 5) is 31.7. The van der Waals surface area contributed by atoms with Crippen molar-refractivity contribution in [3.63, 3.8) is 0 Å². The molecule has 9 heterocycles. The molecule has 0 amide bonds. The first kappa shape index (κ1) is 80.0. The Bertz CT molecular complexity index is 11500. The molecular formula is C134H78N12. The fourth-order valence-electron chi connectivity index (χ4n) is 24.6. The maximum atomic E-state index is 5.43. The largest absolute Gasteiger partial charge is 0.278 e. The zero-order chi connectivity index (χ0) is 95.2. The van der Waals surface area contributed by atoms with Crippen molar-refractivity contribution in [3.8, 4) is 62.4 Å². The van der Waals surface area contributed by atoms with Crippen molar-refractivity contribution in [2.24, 2.45) is 0 Å². The second-order valence-electron chi connectivity index (χ2n) is 38.6. The molecule has 0 aliphatic carbocycles. The molecule has 0 aliphatic heterocycles. The van der Waals surface area contributed by atoms with E-state index in [0.29, 0.717) is 0 Å². The second kappa shape index (κ2) is 30.8. The maximum absolute atomic E-state index is 5.43. The van der Waals surface area contributed by atoms with Crippen LogP contribution in [0.15, 0.2) is 473 Å². The van der Waals surface area contributed by atoms with E-state index in [1.165, 1.54) is 174 Å².